The molecule has 182 valence electrons. The predicted molar refractivity (Wildman–Crippen MR) is 137 cm³/mol. The highest BCUT2D eigenvalue weighted by atomic mass is 32.2. The fourth-order valence-electron chi connectivity index (χ4n) is 3.66. The van der Waals surface area contributed by atoms with Gasteiger partial charge in [-0.2, -0.15) is 10.4 Å². The smallest absolute Gasteiger partial charge is 0.274 e. The summed E-state index contributed by atoms with van der Waals surface area (Å²) in [5.41, 5.74) is 9.23. The number of sulfonamides is 1. The van der Waals surface area contributed by atoms with Gasteiger partial charge in [-0.1, -0.05) is 42.5 Å². The van der Waals surface area contributed by atoms with Gasteiger partial charge in [0, 0.05) is 38.0 Å². The number of benzene rings is 3. The van der Waals surface area contributed by atoms with Crippen LogP contribution in [0.15, 0.2) is 83.8 Å². The number of anilines is 1. The number of aromatic nitrogens is 2. The van der Waals surface area contributed by atoms with E-state index in [0.29, 0.717) is 29.0 Å². The molecule has 1 heterocycles. The molecule has 36 heavy (non-hydrogen) atoms. The average Bonchev–Trinajstić information content (AvgIpc) is 3.34. The van der Waals surface area contributed by atoms with Gasteiger partial charge in [0.25, 0.3) is 5.91 Å². The number of amides is 1. The molecule has 1 amide bonds. The molecule has 0 radical (unpaired) electrons. The molecule has 0 saturated heterocycles. The maximum atomic E-state index is 13.1. The zero-order valence-corrected chi connectivity index (χ0v) is 20.5. The third-order valence-electron chi connectivity index (χ3n) is 5.55. The standard InChI is InChI=1S/C26H24N6O3S/c1-31(2)36(34,35)25-9-4-3-8-23(25)19-10-12-20(13-11-19)29-26(33)24-15-21(17-28)30-32(24)22-7-5-6-18(14-22)16-27/h3-15H,16,27H2,1-2H3,(H,29,33). The van der Waals surface area contributed by atoms with E-state index in [-0.39, 0.29) is 16.3 Å². The first kappa shape index (κ1) is 24.8. The van der Waals surface area contributed by atoms with E-state index in [1.807, 2.05) is 12.1 Å². The molecule has 0 atom stereocenters. The van der Waals surface area contributed by atoms with Gasteiger partial charge in [0.05, 0.1) is 10.6 Å². The molecule has 9 nitrogen and oxygen atoms in total. The van der Waals surface area contributed by atoms with E-state index in [1.54, 1.807) is 66.7 Å². The van der Waals surface area contributed by atoms with Gasteiger partial charge < -0.3 is 11.1 Å². The van der Waals surface area contributed by atoms with E-state index in [2.05, 4.69) is 10.4 Å². The Morgan fingerprint density at radius 2 is 1.78 bits per heavy atom. The van der Waals surface area contributed by atoms with Crippen molar-refractivity contribution in [2.24, 2.45) is 5.73 Å². The third-order valence-corrected chi connectivity index (χ3v) is 7.42. The van der Waals surface area contributed by atoms with Crippen LogP contribution in [0.25, 0.3) is 16.8 Å². The molecule has 0 saturated carbocycles. The maximum absolute atomic E-state index is 13.1. The average molecular weight is 501 g/mol. The quantitative estimate of drug-likeness (QED) is 0.400. The minimum absolute atomic E-state index is 0.104. The summed E-state index contributed by atoms with van der Waals surface area (Å²) in [5.74, 6) is -0.453. The molecular weight excluding hydrogens is 476 g/mol. The molecule has 3 aromatic carbocycles. The molecule has 0 fully saturated rings. The van der Waals surface area contributed by atoms with Crippen LogP contribution in [0.4, 0.5) is 5.69 Å². The van der Waals surface area contributed by atoms with Crippen molar-refractivity contribution < 1.29 is 13.2 Å². The van der Waals surface area contributed by atoms with Crippen molar-refractivity contribution in [2.45, 2.75) is 11.4 Å². The number of carbonyl (C=O) groups is 1. The minimum Gasteiger partial charge on any atom is -0.326 e. The second kappa shape index (κ2) is 10.1. The fourth-order valence-corrected chi connectivity index (χ4v) is 4.77. The lowest BCUT2D eigenvalue weighted by Gasteiger charge is -2.15. The van der Waals surface area contributed by atoms with Gasteiger partial charge in [0.2, 0.25) is 10.0 Å². The summed E-state index contributed by atoms with van der Waals surface area (Å²) in [6.45, 7) is 0.326. The molecule has 1 aromatic heterocycles. The molecular formula is C26H24N6O3S. The first-order valence-electron chi connectivity index (χ1n) is 11.0. The van der Waals surface area contributed by atoms with Crippen LogP contribution in [0.2, 0.25) is 0 Å². The SMILES string of the molecule is CN(C)S(=O)(=O)c1ccccc1-c1ccc(NC(=O)c2cc(C#N)nn2-c2cccc(CN)c2)cc1. The normalized spacial score (nSPS) is 11.3. The van der Waals surface area contributed by atoms with E-state index in [1.165, 1.54) is 29.1 Å². The predicted octanol–water partition coefficient (Wildman–Crippen LogP) is 3.37. The number of nitrogens with zero attached hydrogens (tertiary/aromatic N) is 4. The van der Waals surface area contributed by atoms with Crippen molar-refractivity contribution in [2.75, 3.05) is 19.4 Å². The highest BCUT2D eigenvalue weighted by Gasteiger charge is 2.22. The number of carbonyl (C=O) groups excluding carboxylic acids is 1. The highest BCUT2D eigenvalue weighted by Crippen LogP contribution is 2.29. The summed E-state index contributed by atoms with van der Waals surface area (Å²) in [4.78, 5) is 13.3. The van der Waals surface area contributed by atoms with Gasteiger partial charge in [-0.25, -0.2) is 17.4 Å². The summed E-state index contributed by atoms with van der Waals surface area (Å²) in [5, 5.41) is 16.4. The molecule has 0 aliphatic rings. The Morgan fingerprint density at radius 1 is 1.06 bits per heavy atom. The summed E-state index contributed by atoms with van der Waals surface area (Å²) >= 11 is 0. The monoisotopic (exact) mass is 500 g/mol. The van der Waals surface area contributed by atoms with E-state index in [4.69, 9.17) is 5.73 Å². The van der Waals surface area contributed by atoms with Crippen molar-refractivity contribution in [3.05, 3.63) is 95.8 Å². The van der Waals surface area contributed by atoms with Crippen molar-refractivity contribution >= 4 is 21.6 Å². The molecule has 0 unspecified atom stereocenters. The number of nitriles is 1. The summed E-state index contributed by atoms with van der Waals surface area (Å²) < 4.78 is 28.1. The molecule has 0 aliphatic carbocycles. The van der Waals surface area contributed by atoms with Crippen molar-refractivity contribution in [1.82, 2.24) is 14.1 Å². The van der Waals surface area contributed by atoms with Crippen LogP contribution in [0.5, 0.6) is 0 Å². The lowest BCUT2D eigenvalue weighted by atomic mass is 10.1. The maximum Gasteiger partial charge on any atom is 0.274 e. The summed E-state index contributed by atoms with van der Waals surface area (Å²) in [7, 11) is -0.666. The van der Waals surface area contributed by atoms with Crippen LogP contribution in [0.1, 0.15) is 21.7 Å². The molecule has 10 heteroatoms. The Balaban J connectivity index is 1.63. The first-order valence-corrected chi connectivity index (χ1v) is 12.4. The topological polar surface area (TPSA) is 134 Å². The molecule has 0 bridgehead atoms. The van der Waals surface area contributed by atoms with Gasteiger partial charge in [0.15, 0.2) is 5.69 Å². The van der Waals surface area contributed by atoms with Gasteiger partial charge in [-0.15, -0.1) is 0 Å². The number of nitrogens with two attached hydrogens (primary N) is 1. The molecule has 0 aliphatic heterocycles. The lowest BCUT2D eigenvalue weighted by Crippen LogP contribution is -2.22. The molecule has 3 N–H and O–H groups in total. The van der Waals surface area contributed by atoms with Crippen LogP contribution in [-0.2, 0) is 16.6 Å². The van der Waals surface area contributed by atoms with E-state index < -0.39 is 15.9 Å². The van der Waals surface area contributed by atoms with Crippen molar-refractivity contribution in [1.29, 1.82) is 5.26 Å². The molecule has 0 spiro atoms. The Kier molecular flexibility index (Phi) is 6.98. The van der Waals surface area contributed by atoms with Crippen LogP contribution in [0.3, 0.4) is 0 Å². The second-order valence-corrected chi connectivity index (χ2v) is 10.2. The minimum atomic E-state index is -3.64. The second-order valence-electron chi connectivity index (χ2n) is 8.13. The first-order chi connectivity index (χ1) is 17.2. The lowest BCUT2D eigenvalue weighted by molar-refractivity contribution is 0.101. The van der Waals surface area contributed by atoms with Gasteiger partial charge in [-0.05, 0) is 41.5 Å². The number of hydrogen-bond acceptors (Lipinski definition) is 6. The van der Waals surface area contributed by atoms with Gasteiger partial charge >= 0.3 is 0 Å². The number of rotatable bonds is 7. The Bertz CT molecular complexity index is 1570. The molecule has 4 aromatic rings. The highest BCUT2D eigenvalue weighted by molar-refractivity contribution is 7.89. The van der Waals surface area contributed by atoms with Crippen LogP contribution in [-0.4, -0.2) is 42.5 Å². The Morgan fingerprint density at radius 3 is 2.44 bits per heavy atom. The van der Waals surface area contributed by atoms with Crippen molar-refractivity contribution in [3.8, 4) is 22.9 Å². The van der Waals surface area contributed by atoms with E-state index >= 15 is 0 Å². The third kappa shape index (κ3) is 4.89. The van der Waals surface area contributed by atoms with Crippen LogP contribution in [0, 0.1) is 11.3 Å². The zero-order chi connectivity index (χ0) is 25.9. The Labute approximate surface area is 209 Å². The van der Waals surface area contributed by atoms with Crippen molar-refractivity contribution in [3.63, 3.8) is 0 Å². The van der Waals surface area contributed by atoms with E-state index in [9.17, 15) is 18.5 Å². The number of hydrogen-bond donors (Lipinski definition) is 2. The van der Waals surface area contributed by atoms with E-state index in [0.717, 1.165) is 5.56 Å². The fraction of sp³-hybridized carbons (Fsp3) is 0.115. The van der Waals surface area contributed by atoms with Gasteiger partial charge in [-0.3, -0.25) is 4.79 Å². The van der Waals surface area contributed by atoms with Gasteiger partial charge in [0.1, 0.15) is 11.8 Å². The summed E-state index contributed by atoms with van der Waals surface area (Å²) in [6, 6.07) is 24.2. The Hall–Kier alpha value is -4.30. The van der Waals surface area contributed by atoms with Crippen LogP contribution < -0.4 is 11.1 Å². The number of nitrogens with one attached hydrogen (secondary N) is 1. The molecule has 4 rings (SSSR count). The zero-order valence-electron chi connectivity index (χ0n) is 19.7. The van der Waals surface area contributed by atoms with Crippen LogP contribution >= 0.6 is 0 Å². The summed E-state index contributed by atoms with van der Waals surface area (Å²) in [6.07, 6.45) is 0. The largest absolute Gasteiger partial charge is 0.326 e.